The lowest BCUT2D eigenvalue weighted by Gasteiger charge is -1.98. The molecule has 0 saturated heterocycles. The van der Waals surface area contributed by atoms with E-state index in [0.717, 1.165) is 0 Å². The van der Waals surface area contributed by atoms with Gasteiger partial charge >= 0.3 is 0 Å². The molecule has 1 aromatic rings. The highest BCUT2D eigenvalue weighted by Gasteiger charge is 2.02. The van der Waals surface area contributed by atoms with E-state index in [1.807, 2.05) is 0 Å². The van der Waals surface area contributed by atoms with Crippen molar-refractivity contribution in [2.24, 2.45) is 0 Å². The van der Waals surface area contributed by atoms with Crippen LogP contribution in [0.1, 0.15) is 12.6 Å². The van der Waals surface area contributed by atoms with E-state index < -0.39 is 0 Å². The average Bonchev–Trinajstić information content (AvgIpc) is 1.93. The molecule has 0 fully saturated rings. The molecule has 0 aromatic carbocycles. The van der Waals surface area contributed by atoms with Crippen molar-refractivity contribution < 1.29 is 4.79 Å². The van der Waals surface area contributed by atoms with Crippen LogP contribution >= 0.6 is 0 Å². The summed E-state index contributed by atoms with van der Waals surface area (Å²) in [6.45, 7) is 1.49. The van der Waals surface area contributed by atoms with Gasteiger partial charge in [0.2, 0.25) is 0 Å². The smallest absolute Gasteiger partial charge is 0.145 e. The number of nitrogens with two attached hydrogens (primary N) is 1. The fraction of sp³-hybridized carbons (Fsp3) is 0.286. The summed E-state index contributed by atoms with van der Waals surface area (Å²) in [5, 5.41) is 0. The predicted molar refractivity (Wildman–Crippen MR) is 40.8 cm³/mol. The number of hydrogen-bond acceptors (Lipinski definition) is 4. The number of nitrogens with zero attached hydrogens (tertiary/aromatic N) is 2. The molecule has 0 spiro atoms. The summed E-state index contributed by atoms with van der Waals surface area (Å²) in [6.07, 6.45) is 3.28. The number of aromatic nitrogens is 2. The number of Topliss-reactive ketones (excluding diaryl/α,β-unsaturated/α-hetero) is 1. The molecule has 0 amide bonds. The number of carbonyl (C=O) groups is 1. The Labute approximate surface area is 64.5 Å². The van der Waals surface area contributed by atoms with Crippen molar-refractivity contribution in [3.05, 3.63) is 18.1 Å². The molecule has 1 rings (SSSR count). The maximum absolute atomic E-state index is 10.6. The lowest BCUT2D eigenvalue weighted by atomic mass is 10.2. The first-order valence-corrected chi connectivity index (χ1v) is 3.25. The topological polar surface area (TPSA) is 68.9 Å². The van der Waals surface area contributed by atoms with Crippen molar-refractivity contribution in [3.8, 4) is 0 Å². The summed E-state index contributed by atoms with van der Waals surface area (Å²) in [5.41, 5.74) is 6.00. The van der Waals surface area contributed by atoms with E-state index in [-0.39, 0.29) is 12.2 Å². The number of carbonyl (C=O) groups excluding carboxylic acids is 1. The number of nitrogen functional groups attached to an aromatic ring is 1. The van der Waals surface area contributed by atoms with Crippen LogP contribution in [0.25, 0.3) is 0 Å². The van der Waals surface area contributed by atoms with Crippen molar-refractivity contribution in [2.45, 2.75) is 13.3 Å². The van der Waals surface area contributed by atoms with E-state index in [2.05, 4.69) is 9.97 Å². The number of ketones is 1. The van der Waals surface area contributed by atoms with E-state index in [4.69, 9.17) is 5.73 Å². The fourth-order valence-corrected chi connectivity index (χ4v) is 0.750. The molecule has 1 heterocycles. The van der Waals surface area contributed by atoms with E-state index in [9.17, 15) is 4.79 Å². The van der Waals surface area contributed by atoms with Crippen LogP contribution in [-0.4, -0.2) is 15.8 Å². The van der Waals surface area contributed by atoms with Gasteiger partial charge in [-0.3, -0.25) is 9.78 Å². The van der Waals surface area contributed by atoms with Crippen LogP contribution in [0.5, 0.6) is 0 Å². The molecule has 1 aromatic heterocycles. The average molecular weight is 151 g/mol. The number of rotatable bonds is 2. The highest BCUT2D eigenvalue weighted by molar-refractivity contribution is 5.78. The molecule has 4 heteroatoms. The van der Waals surface area contributed by atoms with Gasteiger partial charge in [0, 0.05) is 12.4 Å². The Morgan fingerprint density at radius 1 is 1.55 bits per heavy atom. The lowest BCUT2D eigenvalue weighted by Crippen LogP contribution is -2.04. The van der Waals surface area contributed by atoms with Gasteiger partial charge in [-0.25, -0.2) is 4.98 Å². The van der Waals surface area contributed by atoms with Crippen molar-refractivity contribution >= 4 is 11.6 Å². The van der Waals surface area contributed by atoms with E-state index in [0.29, 0.717) is 11.5 Å². The van der Waals surface area contributed by atoms with Gasteiger partial charge in [-0.15, -0.1) is 0 Å². The third-order valence-corrected chi connectivity index (χ3v) is 1.22. The quantitative estimate of drug-likeness (QED) is 0.655. The van der Waals surface area contributed by atoms with Gasteiger partial charge in [0.1, 0.15) is 11.6 Å². The Morgan fingerprint density at radius 3 is 2.73 bits per heavy atom. The Kier molecular flexibility index (Phi) is 2.15. The van der Waals surface area contributed by atoms with Crippen LogP contribution in [0.15, 0.2) is 12.4 Å². The van der Waals surface area contributed by atoms with Crippen LogP contribution in [0.2, 0.25) is 0 Å². The summed E-state index contributed by atoms with van der Waals surface area (Å²) in [5.74, 6) is 0.375. The molecule has 0 aliphatic rings. The normalized spacial score (nSPS) is 9.55. The first-order valence-electron chi connectivity index (χ1n) is 3.25. The summed E-state index contributed by atoms with van der Waals surface area (Å²) in [4.78, 5) is 18.3. The van der Waals surface area contributed by atoms with Crippen molar-refractivity contribution in [3.63, 3.8) is 0 Å². The largest absolute Gasteiger partial charge is 0.382 e. The highest BCUT2D eigenvalue weighted by Crippen LogP contribution is 2.03. The second kappa shape index (κ2) is 3.09. The van der Waals surface area contributed by atoms with Gasteiger partial charge < -0.3 is 5.73 Å². The van der Waals surface area contributed by atoms with Crippen LogP contribution in [-0.2, 0) is 11.2 Å². The molecular weight excluding hydrogens is 142 g/mol. The first kappa shape index (κ1) is 7.65. The summed E-state index contributed by atoms with van der Waals surface area (Å²) in [7, 11) is 0. The molecule has 2 N–H and O–H groups in total. The summed E-state index contributed by atoms with van der Waals surface area (Å²) >= 11 is 0. The zero-order valence-corrected chi connectivity index (χ0v) is 6.24. The third-order valence-electron chi connectivity index (χ3n) is 1.22. The second-order valence-electron chi connectivity index (χ2n) is 2.27. The molecule has 0 radical (unpaired) electrons. The van der Waals surface area contributed by atoms with Crippen molar-refractivity contribution in [1.82, 2.24) is 9.97 Å². The lowest BCUT2D eigenvalue weighted by molar-refractivity contribution is -0.116. The zero-order chi connectivity index (χ0) is 8.27. The van der Waals surface area contributed by atoms with Gasteiger partial charge in [-0.05, 0) is 6.92 Å². The van der Waals surface area contributed by atoms with E-state index in [1.165, 1.54) is 19.3 Å². The van der Waals surface area contributed by atoms with Crippen LogP contribution in [0.4, 0.5) is 5.82 Å². The molecule has 4 nitrogen and oxygen atoms in total. The molecule has 0 atom stereocenters. The molecule has 0 bridgehead atoms. The Hall–Kier alpha value is -1.45. The number of hydrogen-bond donors (Lipinski definition) is 1. The van der Waals surface area contributed by atoms with Crippen molar-refractivity contribution in [2.75, 3.05) is 5.73 Å². The van der Waals surface area contributed by atoms with Gasteiger partial charge in [0.15, 0.2) is 0 Å². The molecule has 58 valence electrons. The second-order valence-corrected chi connectivity index (χ2v) is 2.27. The van der Waals surface area contributed by atoms with Crippen LogP contribution in [0, 0.1) is 0 Å². The molecule has 0 saturated carbocycles. The summed E-state index contributed by atoms with van der Waals surface area (Å²) < 4.78 is 0. The fourth-order valence-electron chi connectivity index (χ4n) is 0.750. The maximum atomic E-state index is 10.6. The van der Waals surface area contributed by atoms with Gasteiger partial charge in [0.05, 0.1) is 12.1 Å². The minimum atomic E-state index is 0.0391. The maximum Gasteiger partial charge on any atom is 0.145 e. The van der Waals surface area contributed by atoms with E-state index >= 15 is 0 Å². The summed E-state index contributed by atoms with van der Waals surface area (Å²) in [6, 6.07) is 0. The number of anilines is 1. The molecular formula is C7H9N3O. The standard InChI is InChI=1S/C7H9N3O/c1-5(11)4-6-7(8)10-3-2-9-6/h2-3H,4H2,1H3,(H2,8,10). The Balaban J connectivity index is 2.86. The van der Waals surface area contributed by atoms with Gasteiger partial charge in [0.25, 0.3) is 0 Å². The molecule has 0 unspecified atom stereocenters. The first-order chi connectivity index (χ1) is 5.20. The molecule has 0 aliphatic heterocycles. The zero-order valence-electron chi connectivity index (χ0n) is 6.24. The van der Waals surface area contributed by atoms with Gasteiger partial charge in [-0.1, -0.05) is 0 Å². The van der Waals surface area contributed by atoms with Gasteiger partial charge in [-0.2, -0.15) is 0 Å². The predicted octanol–water partition coefficient (Wildman–Crippen LogP) is 0.190. The van der Waals surface area contributed by atoms with Crippen LogP contribution < -0.4 is 5.73 Å². The monoisotopic (exact) mass is 151 g/mol. The Bertz CT molecular complexity index is 272. The minimum Gasteiger partial charge on any atom is -0.382 e. The van der Waals surface area contributed by atoms with Crippen LogP contribution in [0.3, 0.4) is 0 Å². The molecule has 11 heavy (non-hydrogen) atoms. The minimum absolute atomic E-state index is 0.0391. The molecule has 0 aliphatic carbocycles. The Morgan fingerprint density at radius 2 is 2.18 bits per heavy atom. The van der Waals surface area contributed by atoms with Crippen molar-refractivity contribution in [1.29, 1.82) is 0 Å². The SMILES string of the molecule is CC(=O)Cc1nccnc1N. The van der Waals surface area contributed by atoms with E-state index in [1.54, 1.807) is 0 Å². The highest BCUT2D eigenvalue weighted by atomic mass is 16.1. The third kappa shape index (κ3) is 2.00.